The van der Waals surface area contributed by atoms with Crippen LogP contribution in [0.4, 0.5) is 8.78 Å². The summed E-state index contributed by atoms with van der Waals surface area (Å²) in [6.45, 7) is 1.70. The molecule has 8 heteroatoms. The lowest BCUT2D eigenvalue weighted by atomic mass is 10.1. The summed E-state index contributed by atoms with van der Waals surface area (Å²) in [4.78, 5) is 16.6. The number of carbonyl (C=O) groups is 1. The number of aliphatic hydroxyl groups is 1. The molecule has 5 nitrogen and oxygen atoms in total. The first-order valence-electron chi connectivity index (χ1n) is 8.49. The quantitative estimate of drug-likeness (QED) is 0.632. The van der Waals surface area contributed by atoms with Crippen LogP contribution in [0.15, 0.2) is 47.8 Å². The third kappa shape index (κ3) is 5.11. The molecule has 28 heavy (non-hydrogen) atoms. The van der Waals surface area contributed by atoms with Gasteiger partial charge in [-0.3, -0.25) is 4.79 Å². The molecule has 0 radical (unpaired) electrons. The summed E-state index contributed by atoms with van der Waals surface area (Å²) < 4.78 is 31.2. The number of aliphatic hydroxyl groups excluding tert-OH is 1. The number of benzene rings is 2. The topological polar surface area (TPSA) is 71.5 Å². The number of hydrogen-bond acceptors (Lipinski definition) is 5. The summed E-state index contributed by atoms with van der Waals surface area (Å²) in [6.07, 6.45) is -1.00. The number of ether oxygens (including phenoxy) is 1. The molecule has 0 aliphatic rings. The van der Waals surface area contributed by atoms with E-state index < -0.39 is 17.7 Å². The van der Waals surface area contributed by atoms with E-state index in [0.29, 0.717) is 5.56 Å². The van der Waals surface area contributed by atoms with Crippen LogP contribution in [0.5, 0.6) is 5.75 Å². The molecule has 3 aromatic rings. The predicted octanol–water partition coefficient (Wildman–Crippen LogP) is 3.57. The van der Waals surface area contributed by atoms with Crippen LogP contribution >= 0.6 is 11.3 Å². The Labute approximate surface area is 164 Å². The van der Waals surface area contributed by atoms with E-state index in [-0.39, 0.29) is 24.8 Å². The molecule has 0 aliphatic carbocycles. The first-order valence-corrected chi connectivity index (χ1v) is 9.37. The molecule has 2 N–H and O–H groups in total. The number of amides is 1. The van der Waals surface area contributed by atoms with Crippen LogP contribution in [-0.2, 0) is 0 Å². The van der Waals surface area contributed by atoms with Gasteiger partial charge >= 0.3 is 0 Å². The minimum Gasteiger partial charge on any atom is -0.491 e. The van der Waals surface area contributed by atoms with E-state index in [0.717, 1.165) is 28.4 Å². The monoisotopic (exact) mass is 404 g/mol. The fourth-order valence-corrected chi connectivity index (χ4v) is 3.19. The summed E-state index contributed by atoms with van der Waals surface area (Å²) in [5, 5.41) is 15.4. The van der Waals surface area contributed by atoms with Gasteiger partial charge in [0.15, 0.2) is 11.6 Å². The standard InChI is InChI=1S/C20H18F2N2O3S/c1-12-11-28-20(24-12)14-4-2-13(3-5-14)19(26)23-9-15(25)10-27-16-6-7-17(21)18(22)8-16/h2-8,11,15,25H,9-10H2,1H3,(H,23,26). The molecule has 1 aromatic heterocycles. The van der Waals surface area contributed by atoms with Gasteiger partial charge in [0.25, 0.3) is 5.91 Å². The van der Waals surface area contributed by atoms with Gasteiger partial charge in [-0.15, -0.1) is 11.3 Å². The van der Waals surface area contributed by atoms with Gasteiger partial charge in [-0.25, -0.2) is 13.8 Å². The molecule has 3 rings (SSSR count). The smallest absolute Gasteiger partial charge is 0.251 e. The number of halogens is 2. The average molecular weight is 404 g/mol. The lowest BCUT2D eigenvalue weighted by Gasteiger charge is -2.13. The van der Waals surface area contributed by atoms with Crippen LogP contribution in [0.1, 0.15) is 16.1 Å². The number of aryl methyl sites for hydroxylation is 1. The van der Waals surface area contributed by atoms with Crippen molar-refractivity contribution in [2.75, 3.05) is 13.2 Å². The van der Waals surface area contributed by atoms with Crippen molar-refractivity contribution in [3.63, 3.8) is 0 Å². The molecule has 0 saturated heterocycles. The molecule has 2 aromatic carbocycles. The highest BCUT2D eigenvalue weighted by molar-refractivity contribution is 7.13. The van der Waals surface area contributed by atoms with E-state index in [1.54, 1.807) is 12.1 Å². The van der Waals surface area contributed by atoms with Crippen molar-refractivity contribution in [1.82, 2.24) is 10.3 Å². The summed E-state index contributed by atoms with van der Waals surface area (Å²) >= 11 is 1.53. The minimum absolute atomic E-state index is 0.0457. The zero-order valence-electron chi connectivity index (χ0n) is 15.0. The highest BCUT2D eigenvalue weighted by Gasteiger charge is 2.11. The van der Waals surface area contributed by atoms with Crippen molar-refractivity contribution in [3.05, 3.63) is 70.7 Å². The Hall–Kier alpha value is -2.84. The third-order valence-electron chi connectivity index (χ3n) is 3.84. The van der Waals surface area contributed by atoms with Crippen molar-refractivity contribution in [1.29, 1.82) is 0 Å². The molecule has 1 atom stereocenters. The highest BCUT2D eigenvalue weighted by Crippen LogP contribution is 2.23. The molecule has 0 saturated carbocycles. The van der Waals surface area contributed by atoms with Crippen LogP contribution in [0, 0.1) is 18.6 Å². The van der Waals surface area contributed by atoms with E-state index >= 15 is 0 Å². The summed E-state index contributed by atoms with van der Waals surface area (Å²) in [7, 11) is 0. The van der Waals surface area contributed by atoms with Gasteiger partial charge in [0.05, 0.1) is 0 Å². The van der Waals surface area contributed by atoms with E-state index in [2.05, 4.69) is 10.3 Å². The van der Waals surface area contributed by atoms with Crippen LogP contribution in [0.2, 0.25) is 0 Å². The van der Waals surface area contributed by atoms with Crippen molar-refractivity contribution in [3.8, 4) is 16.3 Å². The molecule has 0 bridgehead atoms. The zero-order valence-corrected chi connectivity index (χ0v) is 15.8. The number of rotatable bonds is 7. The Morgan fingerprint density at radius 1 is 1.21 bits per heavy atom. The van der Waals surface area contributed by atoms with Crippen LogP contribution in [0.25, 0.3) is 10.6 Å². The van der Waals surface area contributed by atoms with Crippen molar-refractivity contribution in [2.24, 2.45) is 0 Å². The van der Waals surface area contributed by atoms with Gasteiger partial charge in [-0.05, 0) is 31.2 Å². The summed E-state index contributed by atoms with van der Waals surface area (Å²) in [5.74, 6) is -2.25. The van der Waals surface area contributed by atoms with E-state index in [9.17, 15) is 18.7 Å². The lowest BCUT2D eigenvalue weighted by Crippen LogP contribution is -2.35. The SMILES string of the molecule is Cc1csc(-c2ccc(C(=O)NCC(O)COc3ccc(F)c(F)c3)cc2)n1. The third-order valence-corrected chi connectivity index (χ3v) is 4.85. The Morgan fingerprint density at radius 2 is 1.96 bits per heavy atom. The molecular weight excluding hydrogens is 386 g/mol. The Morgan fingerprint density at radius 3 is 2.61 bits per heavy atom. The molecule has 1 heterocycles. The second-order valence-corrected chi connectivity index (χ2v) is 6.98. The Bertz CT molecular complexity index is 960. The zero-order chi connectivity index (χ0) is 20.1. The maximum atomic E-state index is 13.1. The molecule has 1 unspecified atom stereocenters. The van der Waals surface area contributed by atoms with Gasteiger partial charge < -0.3 is 15.2 Å². The number of hydrogen-bond donors (Lipinski definition) is 2. The number of carbonyl (C=O) groups excluding carboxylic acids is 1. The molecule has 0 aliphatic heterocycles. The highest BCUT2D eigenvalue weighted by atomic mass is 32.1. The molecule has 0 spiro atoms. The number of nitrogens with zero attached hydrogens (tertiary/aromatic N) is 1. The van der Waals surface area contributed by atoms with E-state index in [1.165, 1.54) is 17.4 Å². The van der Waals surface area contributed by atoms with Gasteiger partial charge in [0, 0.05) is 34.8 Å². The van der Waals surface area contributed by atoms with Gasteiger partial charge in [0.1, 0.15) is 23.5 Å². The van der Waals surface area contributed by atoms with Crippen LogP contribution in [-0.4, -0.2) is 35.3 Å². The Balaban J connectivity index is 1.48. The number of aromatic nitrogens is 1. The van der Waals surface area contributed by atoms with Crippen molar-refractivity contribution < 1.29 is 23.4 Å². The van der Waals surface area contributed by atoms with E-state index in [4.69, 9.17) is 4.74 Å². The van der Waals surface area contributed by atoms with Crippen LogP contribution in [0.3, 0.4) is 0 Å². The van der Waals surface area contributed by atoms with Gasteiger partial charge in [0.2, 0.25) is 0 Å². The second-order valence-electron chi connectivity index (χ2n) is 6.12. The maximum Gasteiger partial charge on any atom is 0.251 e. The summed E-state index contributed by atoms with van der Waals surface area (Å²) in [6, 6.07) is 10.1. The molecule has 1 amide bonds. The average Bonchev–Trinajstić information content (AvgIpc) is 3.13. The molecular formula is C20H18F2N2O3S. The van der Waals surface area contributed by atoms with Gasteiger partial charge in [-0.1, -0.05) is 12.1 Å². The minimum atomic E-state index is -1.03. The largest absolute Gasteiger partial charge is 0.491 e. The predicted molar refractivity (Wildman–Crippen MR) is 102 cm³/mol. The maximum absolute atomic E-state index is 13.1. The van der Waals surface area contributed by atoms with Crippen molar-refractivity contribution in [2.45, 2.75) is 13.0 Å². The van der Waals surface area contributed by atoms with Crippen molar-refractivity contribution >= 4 is 17.2 Å². The first-order chi connectivity index (χ1) is 13.4. The van der Waals surface area contributed by atoms with Crippen LogP contribution < -0.4 is 10.1 Å². The first kappa shape index (κ1) is 19.9. The second kappa shape index (κ2) is 8.90. The number of thiazole rings is 1. The molecule has 0 fully saturated rings. The molecule has 146 valence electrons. The lowest BCUT2D eigenvalue weighted by molar-refractivity contribution is 0.0843. The fraction of sp³-hybridized carbons (Fsp3) is 0.200. The summed E-state index contributed by atoms with van der Waals surface area (Å²) in [5.41, 5.74) is 2.32. The van der Waals surface area contributed by atoms with Gasteiger partial charge in [-0.2, -0.15) is 0 Å². The fourth-order valence-electron chi connectivity index (χ4n) is 2.38. The normalized spacial score (nSPS) is 11.9. The number of nitrogens with one attached hydrogen (secondary N) is 1. The Kier molecular flexibility index (Phi) is 6.33. The van der Waals surface area contributed by atoms with E-state index in [1.807, 2.05) is 24.4 Å².